The average molecular weight is 253 g/mol. The van der Waals surface area contributed by atoms with Gasteiger partial charge in [0.2, 0.25) is 5.91 Å². The van der Waals surface area contributed by atoms with Crippen molar-refractivity contribution in [2.75, 3.05) is 6.54 Å². The first kappa shape index (κ1) is 13.8. The molecule has 1 saturated heterocycles. The van der Waals surface area contributed by atoms with Crippen LogP contribution in [-0.2, 0) is 4.79 Å². The van der Waals surface area contributed by atoms with Crippen molar-refractivity contribution in [3.8, 4) is 0 Å². The van der Waals surface area contributed by atoms with Crippen LogP contribution in [-0.4, -0.2) is 35.0 Å². The molecule has 1 heterocycles. The van der Waals surface area contributed by atoms with Gasteiger partial charge in [-0.1, -0.05) is 19.8 Å². The molecule has 4 N–H and O–H groups in total. The van der Waals surface area contributed by atoms with Gasteiger partial charge in [-0.15, -0.1) is 0 Å². The van der Waals surface area contributed by atoms with E-state index in [2.05, 4.69) is 11.8 Å². The van der Waals surface area contributed by atoms with Crippen LogP contribution in [0.15, 0.2) is 0 Å². The lowest BCUT2D eigenvalue weighted by molar-refractivity contribution is -0.123. The Bertz CT molecular complexity index is 307. The number of carbonyl (C=O) groups excluding carboxylic acids is 1. The van der Waals surface area contributed by atoms with Crippen LogP contribution in [0.25, 0.3) is 0 Å². The Morgan fingerprint density at radius 2 is 2.11 bits per heavy atom. The summed E-state index contributed by atoms with van der Waals surface area (Å²) < 4.78 is 0. The largest absolute Gasteiger partial charge is 0.368 e. The van der Waals surface area contributed by atoms with E-state index in [1.807, 2.05) is 0 Å². The van der Waals surface area contributed by atoms with Gasteiger partial charge in [-0.05, 0) is 45.1 Å². The molecule has 0 aromatic rings. The Morgan fingerprint density at radius 1 is 1.33 bits per heavy atom. The Labute approximate surface area is 110 Å². The third-order valence-corrected chi connectivity index (χ3v) is 4.88. The number of hydrogen-bond acceptors (Lipinski definition) is 3. The van der Waals surface area contributed by atoms with Gasteiger partial charge in [0.05, 0.1) is 5.54 Å². The molecule has 1 aliphatic heterocycles. The van der Waals surface area contributed by atoms with E-state index in [0.29, 0.717) is 12.1 Å². The highest BCUT2D eigenvalue weighted by Gasteiger charge is 2.43. The van der Waals surface area contributed by atoms with Crippen LogP contribution in [0.4, 0.5) is 0 Å². The Morgan fingerprint density at radius 3 is 2.72 bits per heavy atom. The number of nitrogens with two attached hydrogens (primary N) is 2. The average Bonchev–Trinajstić information content (AvgIpc) is 2.61. The molecule has 2 aliphatic rings. The van der Waals surface area contributed by atoms with E-state index < -0.39 is 5.54 Å². The summed E-state index contributed by atoms with van der Waals surface area (Å²) in [5.41, 5.74) is 10.8. The van der Waals surface area contributed by atoms with Gasteiger partial charge in [0.15, 0.2) is 0 Å². The topological polar surface area (TPSA) is 72.3 Å². The monoisotopic (exact) mass is 253 g/mol. The molecule has 0 aromatic heterocycles. The van der Waals surface area contributed by atoms with Crippen LogP contribution in [0, 0.1) is 0 Å². The number of nitrogens with zero attached hydrogens (tertiary/aromatic N) is 1. The number of amides is 1. The second-order valence-corrected chi connectivity index (χ2v) is 6.07. The molecule has 0 bridgehead atoms. The predicted molar refractivity (Wildman–Crippen MR) is 73.0 cm³/mol. The summed E-state index contributed by atoms with van der Waals surface area (Å²) in [5.74, 6) is -0.326. The molecule has 18 heavy (non-hydrogen) atoms. The van der Waals surface area contributed by atoms with Crippen molar-refractivity contribution >= 4 is 5.91 Å². The van der Waals surface area contributed by atoms with Crippen molar-refractivity contribution in [2.45, 2.75) is 75.9 Å². The first-order chi connectivity index (χ1) is 8.57. The highest BCUT2D eigenvalue weighted by Crippen LogP contribution is 2.34. The van der Waals surface area contributed by atoms with E-state index in [1.54, 1.807) is 0 Å². The molecule has 4 nitrogen and oxygen atoms in total. The molecule has 0 aromatic carbocycles. The van der Waals surface area contributed by atoms with Crippen LogP contribution >= 0.6 is 0 Å². The lowest BCUT2D eigenvalue weighted by Gasteiger charge is -2.35. The maximum absolute atomic E-state index is 11.4. The molecule has 1 amide bonds. The minimum Gasteiger partial charge on any atom is -0.368 e. The molecule has 3 unspecified atom stereocenters. The SMILES string of the molecule is CCC1CCCCCN1C1CCC(N)(C(N)=O)C1. The van der Waals surface area contributed by atoms with E-state index in [1.165, 1.54) is 32.1 Å². The van der Waals surface area contributed by atoms with E-state index in [9.17, 15) is 4.79 Å². The van der Waals surface area contributed by atoms with Crippen LogP contribution in [0.2, 0.25) is 0 Å². The van der Waals surface area contributed by atoms with Crippen LogP contribution in [0.3, 0.4) is 0 Å². The lowest BCUT2D eigenvalue weighted by atomic mass is 9.97. The molecule has 0 radical (unpaired) electrons. The van der Waals surface area contributed by atoms with Gasteiger partial charge in [0.25, 0.3) is 0 Å². The summed E-state index contributed by atoms with van der Waals surface area (Å²) in [5, 5.41) is 0. The summed E-state index contributed by atoms with van der Waals surface area (Å²) in [7, 11) is 0. The van der Waals surface area contributed by atoms with Gasteiger partial charge in [0.1, 0.15) is 0 Å². The number of hydrogen-bond donors (Lipinski definition) is 2. The quantitative estimate of drug-likeness (QED) is 0.798. The molecule has 4 heteroatoms. The first-order valence-corrected chi connectivity index (χ1v) is 7.41. The second kappa shape index (κ2) is 5.57. The number of rotatable bonds is 3. The van der Waals surface area contributed by atoms with Gasteiger partial charge >= 0.3 is 0 Å². The molecule has 2 rings (SSSR count). The molecule has 2 fully saturated rings. The summed E-state index contributed by atoms with van der Waals surface area (Å²) in [6, 6.07) is 1.14. The first-order valence-electron chi connectivity index (χ1n) is 7.41. The third kappa shape index (κ3) is 2.69. The summed E-state index contributed by atoms with van der Waals surface area (Å²) in [4.78, 5) is 14.1. The Kier molecular flexibility index (Phi) is 4.28. The molecular formula is C14H27N3O. The number of primary amides is 1. The maximum Gasteiger partial charge on any atom is 0.237 e. The zero-order valence-corrected chi connectivity index (χ0v) is 11.5. The molecule has 1 aliphatic carbocycles. The maximum atomic E-state index is 11.4. The fourth-order valence-corrected chi connectivity index (χ4v) is 3.67. The lowest BCUT2D eigenvalue weighted by Crippen LogP contribution is -2.51. The van der Waals surface area contributed by atoms with Crippen molar-refractivity contribution in [2.24, 2.45) is 11.5 Å². The molecule has 1 saturated carbocycles. The van der Waals surface area contributed by atoms with E-state index in [-0.39, 0.29) is 5.91 Å². The van der Waals surface area contributed by atoms with Gasteiger partial charge < -0.3 is 11.5 Å². The van der Waals surface area contributed by atoms with Gasteiger partial charge in [-0.25, -0.2) is 0 Å². The number of carbonyl (C=O) groups is 1. The third-order valence-electron chi connectivity index (χ3n) is 4.88. The van der Waals surface area contributed by atoms with E-state index >= 15 is 0 Å². The fourth-order valence-electron chi connectivity index (χ4n) is 3.67. The van der Waals surface area contributed by atoms with Crippen molar-refractivity contribution in [3.05, 3.63) is 0 Å². The molecule has 104 valence electrons. The number of likely N-dealkylation sites (tertiary alicyclic amines) is 1. The smallest absolute Gasteiger partial charge is 0.237 e. The van der Waals surface area contributed by atoms with Crippen molar-refractivity contribution in [3.63, 3.8) is 0 Å². The van der Waals surface area contributed by atoms with Crippen molar-refractivity contribution < 1.29 is 4.79 Å². The minimum atomic E-state index is -0.755. The summed E-state index contributed by atoms with van der Waals surface area (Å²) in [6.07, 6.45) is 8.97. The highest BCUT2D eigenvalue weighted by molar-refractivity contribution is 5.84. The zero-order chi connectivity index (χ0) is 13.2. The van der Waals surface area contributed by atoms with Crippen LogP contribution in [0.5, 0.6) is 0 Å². The predicted octanol–water partition coefficient (Wildman–Crippen LogP) is 1.38. The summed E-state index contributed by atoms with van der Waals surface area (Å²) in [6.45, 7) is 3.43. The van der Waals surface area contributed by atoms with Gasteiger partial charge in [0, 0.05) is 12.1 Å². The standard InChI is InChI=1S/C14H27N3O/c1-2-11-6-4-3-5-9-17(11)12-7-8-14(16,10-12)13(15)18/h11-12H,2-10,16H2,1H3,(H2,15,18). The fraction of sp³-hybridized carbons (Fsp3) is 0.929. The molecular weight excluding hydrogens is 226 g/mol. The highest BCUT2D eigenvalue weighted by atomic mass is 16.1. The van der Waals surface area contributed by atoms with Gasteiger partial charge in [-0.3, -0.25) is 9.69 Å². The van der Waals surface area contributed by atoms with Crippen LogP contribution in [0.1, 0.15) is 58.3 Å². The minimum absolute atomic E-state index is 0.326. The summed E-state index contributed by atoms with van der Waals surface area (Å²) >= 11 is 0. The van der Waals surface area contributed by atoms with E-state index in [0.717, 1.165) is 25.8 Å². The van der Waals surface area contributed by atoms with E-state index in [4.69, 9.17) is 11.5 Å². The second-order valence-electron chi connectivity index (χ2n) is 6.07. The molecule has 3 atom stereocenters. The van der Waals surface area contributed by atoms with Gasteiger partial charge in [-0.2, -0.15) is 0 Å². The zero-order valence-electron chi connectivity index (χ0n) is 11.5. The Balaban J connectivity index is 2.04. The normalized spacial score (nSPS) is 38.6. The van der Waals surface area contributed by atoms with Crippen LogP contribution < -0.4 is 11.5 Å². The molecule has 0 spiro atoms. The van der Waals surface area contributed by atoms with Crippen molar-refractivity contribution in [1.29, 1.82) is 0 Å². The van der Waals surface area contributed by atoms with Crippen molar-refractivity contribution in [1.82, 2.24) is 4.90 Å². The Hall–Kier alpha value is -0.610.